The van der Waals surface area contributed by atoms with E-state index in [1.165, 1.54) is 45.4 Å². The van der Waals surface area contributed by atoms with Gasteiger partial charge in [0.2, 0.25) is 10.0 Å². The second-order valence-corrected chi connectivity index (χ2v) is 10.3. The van der Waals surface area contributed by atoms with Crippen molar-refractivity contribution in [1.29, 1.82) is 0 Å². The van der Waals surface area contributed by atoms with Crippen LogP contribution in [0.3, 0.4) is 0 Å². The average molecular weight is 523 g/mol. The molecule has 0 amide bonds. The summed E-state index contributed by atoms with van der Waals surface area (Å²) in [6, 6.07) is 17.9. The van der Waals surface area contributed by atoms with Gasteiger partial charge in [-0.25, -0.2) is 13.2 Å². The van der Waals surface area contributed by atoms with Crippen molar-refractivity contribution in [2.24, 2.45) is 0 Å². The predicted octanol–water partition coefficient (Wildman–Crippen LogP) is 2.57. The molecule has 0 aromatic heterocycles. The van der Waals surface area contributed by atoms with Crippen molar-refractivity contribution >= 4 is 34.5 Å². The highest BCUT2D eigenvalue weighted by Gasteiger charge is 2.56. The smallest absolute Gasteiger partial charge is 0.502 e. The molecule has 192 valence electrons. The number of nitrogens with zero attached hydrogens (tertiary/aromatic N) is 1. The van der Waals surface area contributed by atoms with E-state index in [9.17, 15) is 18.0 Å². The average Bonchev–Trinajstić information content (AvgIpc) is 3.27. The number of aryl methyl sites for hydroxylation is 1. The van der Waals surface area contributed by atoms with E-state index in [2.05, 4.69) is 0 Å². The fourth-order valence-corrected chi connectivity index (χ4v) is 5.74. The van der Waals surface area contributed by atoms with Crippen molar-refractivity contribution in [3.63, 3.8) is 0 Å². The standard InChI is InChI=1S/C26H26BNO8S/c1-17-10-12-23(13-11-17)37(31,32)28-24(26(30)36-27(28)20-8-6-5-7-9-20)18(2)35-25(29)19-14-21(33-3)16-22(15-19)34-4/h5-16,18,24H,1-4H3/t18-,24?/m1/s1. The maximum Gasteiger partial charge on any atom is 0.502 e. The Bertz CT molecular complexity index is 1370. The second kappa shape index (κ2) is 10.7. The van der Waals surface area contributed by atoms with Crippen LogP contribution >= 0.6 is 0 Å². The van der Waals surface area contributed by atoms with Gasteiger partial charge in [-0.2, -0.15) is 4.22 Å². The molecule has 1 unspecified atom stereocenters. The van der Waals surface area contributed by atoms with Gasteiger partial charge >= 0.3 is 19.0 Å². The molecule has 4 rings (SSSR count). The van der Waals surface area contributed by atoms with Gasteiger partial charge in [-0.3, -0.25) is 4.79 Å². The molecule has 0 saturated carbocycles. The number of rotatable bonds is 8. The summed E-state index contributed by atoms with van der Waals surface area (Å²) >= 11 is 0. The van der Waals surface area contributed by atoms with Crippen LogP contribution < -0.4 is 14.9 Å². The highest BCUT2D eigenvalue weighted by molar-refractivity contribution is 7.90. The van der Waals surface area contributed by atoms with Gasteiger partial charge < -0.3 is 18.9 Å². The summed E-state index contributed by atoms with van der Waals surface area (Å²) in [5.41, 5.74) is 1.45. The molecule has 0 aliphatic carbocycles. The van der Waals surface area contributed by atoms with Gasteiger partial charge in [-0.1, -0.05) is 48.0 Å². The van der Waals surface area contributed by atoms with E-state index >= 15 is 0 Å². The van der Waals surface area contributed by atoms with Gasteiger partial charge in [0.25, 0.3) is 0 Å². The van der Waals surface area contributed by atoms with Crippen molar-refractivity contribution in [2.45, 2.75) is 30.9 Å². The fourth-order valence-electron chi connectivity index (χ4n) is 4.05. The zero-order chi connectivity index (χ0) is 26.7. The molecule has 1 aliphatic heterocycles. The second-order valence-electron chi connectivity index (χ2n) is 8.50. The Balaban J connectivity index is 1.71. The molecule has 1 aliphatic rings. The van der Waals surface area contributed by atoms with Crippen LogP contribution in [0.15, 0.2) is 77.7 Å². The van der Waals surface area contributed by atoms with Crippen LogP contribution in [0.25, 0.3) is 0 Å². The molecule has 3 aromatic carbocycles. The van der Waals surface area contributed by atoms with E-state index in [1.807, 2.05) is 6.92 Å². The first kappa shape index (κ1) is 26.2. The third-order valence-electron chi connectivity index (χ3n) is 5.98. The lowest BCUT2D eigenvalue weighted by Crippen LogP contribution is -2.54. The summed E-state index contributed by atoms with van der Waals surface area (Å²) in [4.78, 5) is 26.1. The van der Waals surface area contributed by atoms with Gasteiger partial charge in [-0.05, 0) is 43.6 Å². The van der Waals surface area contributed by atoms with Crippen molar-refractivity contribution in [2.75, 3.05) is 14.2 Å². The summed E-state index contributed by atoms with van der Waals surface area (Å²) in [5.74, 6) is -0.875. The van der Waals surface area contributed by atoms with Gasteiger partial charge in [0.15, 0.2) is 6.04 Å². The quantitative estimate of drug-likeness (QED) is 0.328. The number of methoxy groups -OCH3 is 2. The summed E-state index contributed by atoms with van der Waals surface area (Å²) < 4.78 is 50.2. The normalized spacial score (nSPS) is 16.7. The number of carbonyl (C=O) groups is 2. The van der Waals surface area contributed by atoms with Crippen LogP contribution in [-0.4, -0.2) is 58.0 Å². The molecule has 11 heteroatoms. The number of carbonyl (C=O) groups excluding carboxylic acids is 2. The Morgan fingerprint density at radius 1 is 0.973 bits per heavy atom. The summed E-state index contributed by atoms with van der Waals surface area (Å²) in [7, 11) is -2.59. The number of ether oxygens (including phenoxy) is 3. The lowest BCUT2D eigenvalue weighted by Gasteiger charge is -2.27. The third kappa shape index (κ3) is 5.32. The molecule has 1 heterocycles. The van der Waals surface area contributed by atoms with Crippen LogP contribution in [-0.2, 0) is 24.2 Å². The minimum Gasteiger partial charge on any atom is -0.514 e. The number of hydrogen-bond acceptors (Lipinski definition) is 8. The van der Waals surface area contributed by atoms with Crippen molar-refractivity contribution in [3.8, 4) is 11.5 Å². The van der Waals surface area contributed by atoms with Gasteiger partial charge in [0, 0.05) is 6.07 Å². The number of benzene rings is 3. The summed E-state index contributed by atoms with van der Waals surface area (Å²) in [5, 5.41) is 0. The zero-order valence-electron chi connectivity index (χ0n) is 20.8. The summed E-state index contributed by atoms with van der Waals surface area (Å²) in [6.45, 7) is 3.29. The lowest BCUT2D eigenvalue weighted by molar-refractivity contribution is -0.136. The number of sulfonamides is 1. The molecule has 9 nitrogen and oxygen atoms in total. The molecule has 1 fully saturated rings. The molecule has 3 aromatic rings. The largest absolute Gasteiger partial charge is 0.514 e. The van der Waals surface area contributed by atoms with Crippen molar-refractivity contribution < 1.29 is 36.9 Å². The van der Waals surface area contributed by atoms with E-state index in [0.717, 1.165) is 9.78 Å². The van der Waals surface area contributed by atoms with Crippen LogP contribution in [0.4, 0.5) is 0 Å². The predicted molar refractivity (Wildman–Crippen MR) is 136 cm³/mol. The molecule has 0 bridgehead atoms. The van der Waals surface area contributed by atoms with E-state index in [1.54, 1.807) is 48.5 Å². The van der Waals surface area contributed by atoms with Crippen molar-refractivity contribution in [3.05, 3.63) is 83.9 Å². The van der Waals surface area contributed by atoms with Gasteiger partial charge in [-0.15, -0.1) is 0 Å². The Hall–Kier alpha value is -3.83. The maximum atomic E-state index is 13.8. The molecule has 0 N–H and O–H groups in total. The Morgan fingerprint density at radius 3 is 2.14 bits per heavy atom. The highest BCUT2D eigenvalue weighted by atomic mass is 32.2. The van der Waals surface area contributed by atoms with Gasteiger partial charge in [0.05, 0.1) is 24.7 Å². The highest BCUT2D eigenvalue weighted by Crippen LogP contribution is 2.30. The third-order valence-corrected chi connectivity index (χ3v) is 7.82. The van der Waals surface area contributed by atoms with Crippen LogP contribution in [0, 0.1) is 6.92 Å². The van der Waals surface area contributed by atoms with E-state index < -0.39 is 41.2 Å². The minimum atomic E-state index is -4.25. The SMILES string of the molecule is COc1cc(OC)cc(C(=O)O[C@H](C)C2C(=O)OB(c3ccccc3)N2S(=O)(=O)c2ccc(C)cc2)c1. The molecule has 2 atom stereocenters. The summed E-state index contributed by atoms with van der Waals surface area (Å²) in [6.07, 6.45) is -1.19. The Morgan fingerprint density at radius 2 is 1.57 bits per heavy atom. The van der Waals surface area contributed by atoms with E-state index in [4.69, 9.17) is 18.9 Å². The molecule has 0 radical (unpaired) electrons. The zero-order valence-corrected chi connectivity index (χ0v) is 21.6. The Kier molecular flexibility index (Phi) is 7.56. The molecule has 1 saturated heterocycles. The van der Waals surface area contributed by atoms with Crippen LogP contribution in [0.5, 0.6) is 11.5 Å². The van der Waals surface area contributed by atoms with E-state index in [0.29, 0.717) is 17.0 Å². The molecular formula is C26H26BNO8S. The van der Waals surface area contributed by atoms with Crippen LogP contribution in [0.1, 0.15) is 22.8 Å². The first-order valence-corrected chi connectivity index (χ1v) is 12.9. The lowest BCUT2D eigenvalue weighted by atomic mass is 9.74. The van der Waals surface area contributed by atoms with E-state index in [-0.39, 0.29) is 10.5 Å². The Labute approximate surface area is 216 Å². The number of hydrogen-bond donors (Lipinski definition) is 0. The monoisotopic (exact) mass is 523 g/mol. The first-order chi connectivity index (χ1) is 17.6. The molecular weight excluding hydrogens is 497 g/mol. The topological polar surface area (TPSA) is 108 Å². The fraction of sp³-hybridized carbons (Fsp3) is 0.231. The minimum absolute atomic E-state index is 0.0154. The first-order valence-electron chi connectivity index (χ1n) is 11.5. The number of esters is 1. The molecule has 0 spiro atoms. The van der Waals surface area contributed by atoms with Gasteiger partial charge in [0.1, 0.15) is 17.6 Å². The molecule has 37 heavy (non-hydrogen) atoms. The van der Waals surface area contributed by atoms with Crippen molar-refractivity contribution in [1.82, 2.24) is 4.22 Å². The maximum absolute atomic E-state index is 13.8. The van der Waals surface area contributed by atoms with Crippen LogP contribution in [0.2, 0.25) is 0 Å².